The van der Waals surface area contributed by atoms with E-state index < -0.39 is 27.6 Å². The van der Waals surface area contributed by atoms with Crippen molar-refractivity contribution in [3.63, 3.8) is 0 Å². The number of amides is 2. The van der Waals surface area contributed by atoms with Crippen LogP contribution >= 0.6 is 11.3 Å². The summed E-state index contributed by atoms with van der Waals surface area (Å²) >= 11 is 1.39. The molecule has 1 aromatic carbocycles. The number of carbonyl (C=O) groups is 2. The first kappa shape index (κ1) is 21.0. The Morgan fingerprint density at radius 3 is 2.53 bits per heavy atom. The van der Waals surface area contributed by atoms with E-state index in [0.717, 1.165) is 29.7 Å². The van der Waals surface area contributed by atoms with E-state index in [9.17, 15) is 22.4 Å². The number of hydrogen-bond acceptors (Lipinski definition) is 5. The highest BCUT2D eigenvalue weighted by atomic mass is 32.2. The van der Waals surface area contributed by atoms with Crippen molar-refractivity contribution < 1.29 is 22.4 Å². The van der Waals surface area contributed by atoms with Gasteiger partial charge in [0.15, 0.2) is 9.84 Å². The summed E-state index contributed by atoms with van der Waals surface area (Å²) in [6.45, 7) is 2.16. The molecule has 2 heterocycles. The van der Waals surface area contributed by atoms with Crippen molar-refractivity contribution in [3.05, 3.63) is 51.7 Å². The number of anilines is 1. The average molecular weight is 451 g/mol. The molecule has 4 rings (SSSR count). The molecule has 30 heavy (non-hydrogen) atoms. The summed E-state index contributed by atoms with van der Waals surface area (Å²) in [4.78, 5) is 26.9. The first-order valence-electron chi connectivity index (χ1n) is 9.94. The van der Waals surface area contributed by atoms with Crippen molar-refractivity contribution in [3.8, 4) is 0 Å². The molecule has 2 unspecified atom stereocenters. The number of benzene rings is 1. The number of nitrogens with one attached hydrogen (secondary N) is 2. The van der Waals surface area contributed by atoms with Gasteiger partial charge in [-0.2, -0.15) is 0 Å². The summed E-state index contributed by atoms with van der Waals surface area (Å²) in [5, 5.41) is 6.13. The van der Waals surface area contributed by atoms with Crippen LogP contribution in [0.1, 0.15) is 50.9 Å². The second-order valence-corrected chi connectivity index (χ2v) is 11.4. The summed E-state index contributed by atoms with van der Waals surface area (Å²) in [5.41, 5.74) is 1.66. The van der Waals surface area contributed by atoms with E-state index in [2.05, 4.69) is 17.6 Å². The molecule has 1 saturated heterocycles. The molecule has 9 heteroatoms. The Kier molecular flexibility index (Phi) is 5.67. The molecule has 6 nitrogen and oxygen atoms in total. The molecular formula is C21H23FN2O4S2. The van der Waals surface area contributed by atoms with Crippen molar-refractivity contribution in [2.45, 2.75) is 38.6 Å². The zero-order chi connectivity index (χ0) is 21.5. The highest BCUT2D eigenvalue weighted by molar-refractivity contribution is 7.91. The summed E-state index contributed by atoms with van der Waals surface area (Å²) in [6, 6.07) is 4.79. The highest BCUT2D eigenvalue weighted by Gasteiger charge is 2.33. The van der Waals surface area contributed by atoms with Gasteiger partial charge in [-0.1, -0.05) is 6.92 Å². The molecule has 2 aliphatic rings. The number of rotatable bonds is 4. The fourth-order valence-corrected chi connectivity index (χ4v) is 7.10. The number of hydrogen-bond donors (Lipinski definition) is 2. The Morgan fingerprint density at radius 2 is 1.87 bits per heavy atom. The van der Waals surface area contributed by atoms with Crippen LogP contribution in [0.2, 0.25) is 0 Å². The van der Waals surface area contributed by atoms with Gasteiger partial charge in [-0.15, -0.1) is 11.3 Å². The fourth-order valence-electron chi connectivity index (χ4n) is 4.02. The van der Waals surface area contributed by atoms with Crippen LogP contribution < -0.4 is 10.6 Å². The highest BCUT2D eigenvalue weighted by Crippen LogP contribution is 2.40. The second kappa shape index (κ2) is 8.11. The molecule has 1 aliphatic heterocycles. The van der Waals surface area contributed by atoms with Gasteiger partial charge in [-0.3, -0.25) is 9.59 Å². The van der Waals surface area contributed by atoms with Crippen molar-refractivity contribution in [1.29, 1.82) is 0 Å². The van der Waals surface area contributed by atoms with Gasteiger partial charge in [0.1, 0.15) is 10.8 Å². The van der Waals surface area contributed by atoms with E-state index in [0.29, 0.717) is 28.5 Å². The van der Waals surface area contributed by atoms with Crippen molar-refractivity contribution in [2.24, 2.45) is 5.92 Å². The smallest absolute Gasteiger partial charge is 0.256 e. The fraction of sp³-hybridized carbons (Fsp3) is 0.429. The van der Waals surface area contributed by atoms with Crippen LogP contribution in [0.25, 0.3) is 0 Å². The lowest BCUT2D eigenvalue weighted by Crippen LogP contribution is -2.36. The van der Waals surface area contributed by atoms with Gasteiger partial charge < -0.3 is 10.6 Å². The molecule has 160 valence electrons. The minimum Gasteiger partial charge on any atom is -0.348 e. The Bertz CT molecular complexity index is 1090. The van der Waals surface area contributed by atoms with Gasteiger partial charge in [0.2, 0.25) is 0 Å². The lowest BCUT2D eigenvalue weighted by atomic mass is 9.88. The first-order valence-corrected chi connectivity index (χ1v) is 12.6. The molecule has 1 fully saturated rings. The predicted molar refractivity (Wildman–Crippen MR) is 114 cm³/mol. The third-order valence-electron chi connectivity index (χ3n) is 5.64. The van der Waals surface area contributed by atoms with Crippen LogP contribution in [0.4, 0.5) is 9.39 Å². The molecule has 0 saturated carbocycles. The largest absolute Gasteiger partial charge is 0.348 e. The van der Waals surface area contributed by atoms with E-state index in [4.69, 9.17) is 0 Å². The summed E-state index contributed by atoms with van der Waals surface area (Å²) in [5.74, 6) is -0.686. The van der Waals surface area contributed by atoms with Crippen LogP contribution in [0.3, 0.4) is 0 Å². The minimum absolute atomic E-state index is 0.0562. The molecule has 1 aromatic heterocycles. The van der Waals surface area contributed by atoms with Gasteiger partial charge >= 0.3 is 0 Å². The molecule has 1 aliphatic carbocycles. The van der Waals surface area contributed by atoms with Gasteiger partial charge in [0.05, 0.1) is 17.1 Å². The third-order valence-corrected chi connectivity index (χ3v) is 8.58. The number of sulfone groups is 1. The zero-order valence-corrected chi connectivity index (χ0v) is 18.2. The molecule has 2 aromatic rings. The van der Waals surface area contributed by atoms with Gasteiger partial charge in [0.25, 0.3) is 11.8 Å². The quantitative estimate of drug-likeness (QED) is 0.748. The van der Waals surface area contributed by atoms with Crippen LogP contribution in [0.5, 0.6) is 0 Å². The molecule has 0 bridgehead atoms. The van der Waals surface area contributed by atoms with E-state index in [1.807, 2.05) is 0 Å². The standard InChI is InChI=1S/C21H23FN2O4S2/c1-12-2-7-16-17(10-12)29-21(24-19(25)13-3-5-14(22)6-4-13)18(16)20(26)23-15-8-9-30(27,28)11-15/h3-6,12,15H,2,7-11H2,1H3,(H,23,26)(H,24,25). The normalized spacial score (nSPS) is 22.3. The number of halogens is 1. The second-order valence-electron chi connectivity index (χ2n) is 8.09. The number of fused-ring (bicyclic) bond motifs is 1. The topological polar surface area (TPSA) is 92.3 Å². The molecule has 2 N–H and O–H groups in total. The van der Waals surface area contributed by atoms with Crippen LogP contribution in [0, 0.1) is 11.7 Å². The predicted octanol–water partition coefficient (Wildman–Crippen LogP) is 3.18. The van der Waals surface area contributed by atoms with Crippen LogP contribution in [-0.2, 0) is 22.7 Å². The first-order chi connectivity index (χ1) is 14.2. The van der Waals surface area contributed by atoms with E-state index in [1.165, 1.54) is 35.6 Å². The Hall–Kier alpha value is -2.26. The number of thiophene rings is 1. The van der Waals surface area contributed by atoms with Gasteiger partial charge in [0, 0.05) is 16.5 Å². The molecule has 0 spiro atoms. The minimum atomic E-state index is -3.12. The third kappa shape index (κ3) is 4.41. The Labute approximate surface area is 178 Å². The maximum Gasteiger partial charge on any atom is 0.256 e. The van der Waals surface area contributed by atoms with Gasteiger partial charge in [-0.05, 0) is 61.4 Å². The SMILES string of the molecule is CC1CCc2c(sc(NC(=O)c3ccc(F)cc3)c2C(=O)NC2CCS(=O)(=O)C2)C1. The lowest BCUT2D eigenvalue weighted by molar-refractivity contribution is 0.0941. The Morgan fingerprint density at radius 1 is 1.13 bits per heavy atom. The van der Waals surface area contributed by atoms with Crippen LogP contribution in [0.15, 0.2) is 24.3 Å². The summed E-state index contributed by atoms with van der Waals surface area (Å²) in [6.07, 6.45) is 2.93. The monoisotopic (exact) mass is 450 g/mol. The molecule has 0 radical (unpaired) electrons. The lowest BCUT2D eigenvalue weighted by Gasteiger charge is -2.19. The zero-order valence-electron chi connectivity index (χ0n) is 16.5. The maximum absolute atomic E-state index is 13.2. The van der Waals surface area contributed by atoms with E-state index >= 15 is 0 Å². The van der Waals surface area contributed by atoms with Gasteiger partial charge in [-0.25, -0.2) is 12.8 Å². The summed E-state index contributed by atoms with van der Waals surface area (Å²) in [7, 11) is -3.12. The molecule has 2 amide bonds. The van der Waals surface area contributed by atoms with Crippen molar-refractivity contribution in [1.82, 2.24) is 5.32 Å². The average Bonchev–Trinajstić information content (AvgIpc) is 3.20. The van der Waals surface area contributed by atoms with E-state index in [1.54, 1.807) is 0 Å². The molecule has 2 atom stereocenters. The van der Waals surface area contributed by atoms with Crippen LogP contribution in [-0.4, -0.2) is 37.8 Å². The Balaban J connectivity index is 1.62. The molecular weight excluding hydrogens is 427 g/mol. The maximum atomic E-state index is 13.2. The van der Waals surface area contributed by atoms with E-state index in [-0.39, 0.29) is 17.4 Å². The van der Waals surface area contributed by atoms with Crippen molar-refractivity contribution in [2.75, 3.05) is 16.8 Å². The number of carbonyl (C=O) groups excluding carboxylic acids is 2. The van der Waals surface area contributed by atoms with Crippen molar-refractivity contribution >= 4 is 38.0 Å². The summed E-state index contributed by atoms with van der Waals surface area (Å²) < 4.78 is 36.6.